The van der Waals surface area contributed by atoms with Crippen LogP contribution in [0.1, 0.15) is 66.7 Å². The predicted octanol–water partition coefficient (Wildman–Crippen LogP) is 2.40. The molecule has 1 aliphatic heterocycles. The van der Waals surface area contributed by atoms with E-state index in [2.05, 4.69) is 19.3 Å². The highest BCUT2D eigenvalue weighted by Gasteiger charge is 2.26. The molecule has 1 rings (SSSR count). The third kappa shape index (κ3) is 5.90. The average Bonchev–Trinajstić information content (AvgIpc) is 2.29. The molecule has 1 saturated heterocycles. The monoisotopic (exact) mass is 284 g/mol. The van der Waals surface area contributed by atoms with E-state index in [0.717, 1.165) is 12.8 Å². The van der Waals surface area contributed by atoms with E-state index in [-0.39, 0.29) is 24.7 Å². The maximum absolute atomic E-state index is 11.9. The van der Waals surface area contributed by atoms with Crippen molar-refractivity contribution < 1.29 is 14.3 Å². The number of esters is 1. The normalized spacial score (nSPS) is 24.2. The molecule has 0 bridgehead atoms. The smallest absolute Gasteiger partial charge is 0.306 e. The number of hydrogen-bond acceptors (Lipinski definition) is 4. The number of rotatable bonds is 4. The van der Waals surface area contributed by atoms with E-state index in [4.69, 9.17) is 4.74 Å². The molecule has 0 aliphatic carbocycles. The first-order chi connectivity index (χ1) is 9.19. The second-order valence-corrected chi connectivity index (χ2v) is 6.66. The predicted molar refractivity (Wildman–Crippen MR) is 77.8 cm³/mol. The first-order valence-corrected chi connectivity index (χ1v) is 7.48. The van der Waals surface area contributed by atoms with Crippen LogP contribution in [0.5, 0.6) is 0 Å². The fraction of sp³-hybridized carbons (Fsp3) is 0.867. The van der Waals surface area contributed by atoms with E-state index in [0.29, 0.717) is 12.1 Å². The molecule has 1 amide bonds. The van der Waals surface area contributed by atoms with Gasteiger partial charge in [0.2, 0.25) is 5.91 Å². The van der Waals surface area contributed by atoms with Gasteiger partial charge >= 0.3 is 5.97 Å². The Labute approximate surface area is 122 Å². The maximum atomic E-state index is 11.9. The number of nitrogens with one attached hydrogen (secondary N) is 1. The van der Waals surface area contributed by atoms with Gasteiger partial charge in [-0.2, -0.15) is 0 Å². The highest BCUT2D eigenvalue weighted by atomic mass is 16.6. The van der Waals surface area contributed by atoms with Crippen molar-refractivity contribution in [3.63, 3.8) is 0 Å². The van der Waals surface area contributed by atoms with Crippen molar-refractivity contribution >= 4 is 11.9 Å². The van der Waals surface area contributed by atoms with E-state index in [1.165, 1.54) is 6.42 Å². The Balaban J connectivity index is 2.34. The Morgan fingerprint density at radius 1 is 1.15 bits per heavy atom. The molecule has 116 valence electrons. The lowest BCUT2D eigenvalue weighted by Crippen LogP contribution is -2.54. The molecule has 2 atom stereocenters. The van der Waals surface area contributed by atoms with Crippen LogP contribution >= 0.6 is 0 Å². The fourth-order valence-corrected chi connectivity index (χ4v) is 2.45. The highest BCUT2D eigenvalue weighted by molar-refractivity contribution is 5.81. The molecule has 0 aromatic rings. The molecule has 1 aliphatic rings. The molecule has 0 aromatic heterocycles. The van der Waals surface area contributed by atoms with Crippen LogP contribution in [0.15, 0.2) is 0 Å². The number of hydrazine groups is 1. The van der Waals surface area contributed by atoms with Crippen LogP contribution in [0.25, 0.3) is 0 Å². The molecule has 5 nitrogen and oxygen atoms in total. The summed E-state index contributed by atoms with van der Waals surface area (Å²) in [4.78, 5) is 23.5. The van der Waals surface area contributed by atoms with Crippen LogP contribution in [0.4, 0.5) is 0 Å². The van der Waals surface area contributed by atoms with Crippen LogP contribution < -0.4 is 5.43 Å². The Morgan fingerprint density at radius 2 is 1.70 bits per heavy atom. The lowest BCUT2D eigenvalue weighted by atomic mass is 10.00. The Kier molecular flexibility index (Phi) is 5.99. The van der Waals surface area contributed by atoms with Crippen LogP contribution in [0.2, 0.25) is 0 Å². The van der Waals surface area contributed by atoms with E-state index >= 15 is 0 Å². The minimum absolute atomic E-state index is 0.114. The number of carbonyl (C=O) groups is 2. The van der Waals surface area contributed by atoms with Crippen molar-refractivity contribution in [3.05, 3.63) is 0 Å². The van der Waals surface area contributed by atoms with Crippen molar-refractivity contribution in [2.45, 2.75) is 84.4 Å². The highest BCUT2D eigenvalue weighted by Crippen LogP contribution is 2.20. The van der Waals surface area contributed by atoms with Gasteiger partial charge in [0.1, 0.15) is 5.60 Å². The Morgan fingerprint density at radius 3 is 2.20 bits per heavy atom. The van der Waals surface area contributed by atoms with Gasteiger partial charge < -0.3 is 4.74 Å². The molecule has 0 radical (unpaired) electrons. The quantitative estimate of drug-likeness (QED) is 0.805. The Bertz CT molecular complexity index is 340. The summed E-state index contributed by atoms with van der Waals surface area (Å²) in [5.41, 5.74) is 2.43. The van der Waals surface area contributed by atoms with E-state index in [1.807, 2.05) is 25.8 Å². The van der Waals surface area contributed by atoms with Gasteiger partial charge in [-0.15, -0.1) is 0 Å². The molecule has 0 aromatic carbocycles. The second-order valence-electron chi connectivity index (χ2n) is 6.66. The van der Waals surface area contributed by atoms with Gasteiger partial charge in [-0.05, 0) is 47.5 Å². The molecule has 1 fully saturated rings. The fourth-order valence-electron chi connectivity index (χ4n) is 2.45. The largest absolute Gasteiger partial charge is 0.460 e. The molecule has 1 N–H and O–H groups in total. The third-order valence-electron chi connectivity index (χ3n) is 3.42. The van der Waals surface area contributed by atoms with Crippen LogP contribution in [0, 0.1) is 0 Å². The summed E-state index contributed by atoms with van der Waals surface area (Å²) >= 11 is 0. The lowest BCUT2D eigenvalue weighted by Gasteiger charge is -2.38. The SMILES string of the molecule is CC1CCCC(C)N1NC(=O)CCC(=O)OC(C)(C)C. The van der Waals surface area contributed by atoms with Crippen molar-refractivity contribution in [2.75, 3.05) is 0 Å². The topological polar surface area (TPSA) is 58.6 Å². The molecular formula is C15H28N2O3. The summed E-state index contributed by atoms with van der Waals surface area (Å²) in [6.45, 7) is 9.69. The van der Waals surface area contributed by atoms with Gasteiger partial charge in [-0.3, -0.25) is 15.0 Å². The van der Waals surface area contributed by atoms with Gasteiger partial charge in [0.15, 0.2) is 0 Å². The van der Waals surface area contributed by atoms with Gasteiger partial charge in [0, 0.05) is 18.5 Å². The van der Waals surface area contributed by atoms with Crippen LogP contribution in [-0.2, 0) is 14.3 Å². The average molecular weight is 284 g/mol. The van der Waals surface area contributed by atoms with Crippen molar-refractivity contribution in [1.82, 2.24) is 10.4 Å². The van der Waals surface area contributed by atoms with Crippen LogP contribution in [0.3, 0.4) is 0 Å². The molecule has 0 spiro atoms. The minimum atomic E-state index is -0.497. The van der Waals surface area contributed by atoms with Crippen molar-refractivity contribution in [1.29, 1.82) is 0 Å². The van der Waals surface area contributed by atoms with Crippen LogP contribution in [-0.4, -0.2) is 34.6 Å². The van der Waals surface area contributed by atoms with Gasteiger partial charge in [0.25, 0.3) is 0 Å². The first-order valence-electron chi connectivity index (χ1n) is 7.48. The zero-order valence-corrected chi connectivity index (χ0v) is 13.4. The summed E-state index contributed by atoms with van der Waals surface area (Å²) in [6.07, 6.45) is 3.69. The van der Waals surface area contributed by atoms with Gasteiger partial charge in [-0.1, -0.05) is 6.42 Å². The molecule has 1 heterocycles. The van der Waals surface area contributed by atoms with Gasteiger partial charge in [-0.25, -0.2) is 5.01 Å². The number of carbonyl (C=O) groups excluding carboxylic acids is 2. The summed E-state index contributed by atoms with van der Waals surface area (Å²) < 4.78 is 5.19. The molecule has 0 saturated carbocycles. The van der Waals surface area contributed by atoms with E-state index in [9.17, 15) is 9.59 Å². The number of piperidine rings is 1. The summed E-state index contributed by atoms with van der Waals surface area (Å²) in [5, 5.41) is 2.01. The Hall–Kier alpha value is -1.10. The zero-order chi connectivity index (χ0) is 15.3. The standard InChI is InChI=1S/C15H28N2O3/c1-11-7-6-8-12(2)17(11)16-13(18)9-10-14(19)20-15(3,4)5/h11-12H,6-10H2,1-5H3,(H,16,18). The van der Waals surface area contributed by atoms with E-state index in [1.54, 1.807) is 0 Å². The van der Waals surface area contributed by atoms with E-state index < -0.39 is 5.60 Å². The maximum Gasteiger partial charge on any atom is 0.306 e. The zero-order valence-electron chi connectivity index (χ0n) is 13.4. The van der Waals surface area contributed by atoms with Crippen molar-refractivity contribution in [2.24, 2.45) is 0 Å². The van der Waals surface area contributed by atoms with Gasteiger partial charge in [0.05, 0.1) is 6.42 Å². The molecule has 20 heavy (non-hydrogen) atoms. The first kappa shape index (κ1) is 17.0. The third-order valence-corrected chi connectivity index (χ3v) is 3.42. The summed E-state index contributed by atoms with van der Waals surface area (Å²) in [6, 6.07) is 0.702. The molecular weight excluding hydrogens is 256 g/mol. The summed E-state index contributed by atoms with van der Waals surface area (Å²) in [7, 11) is 0. The molecule has 5 heteroatoms. The minimum Gasteiger partial charge on any atom is -0.460 e. The summed E-state index contributed by atoms with van der Waals surface area (Å²) in [5.74, 6) is -0.441. The number of amides is 1. The number of ether oxygens (including phenoxy) is 1. The second kappa shape index (κ2) is 7.07. The number of hydrogen-bond donors (Lipinski definition) is 1. The molecule has 2 unspecified atom stereocenters. The lowest BCUT2D eigenvalue weighted by molar-refractivity contribution is -0.156. The number of nitrogens with zero attached hydrogens (tertiary/aromatic N) is 1. The van der Waals surface area contributed by atoms with Crippen molar-refractivity contribution in [3.8, 4) is 0 Å².